The molecular formula is C9H8F4O. The zero-order valence-corrected chi connectivity index (χ0v) is 7.36. The summed E-state index contributed by atoms with van der Waals surface area (Å²) in [7, 11) is 0. The van der Waals surface area contributed by atoms with Gasteiger partial charge in [-0.25, -0.2) is 8.78 Å². The van der Waals surface area contributed by atoms with Crippen LogP contribution in [-0.4, -0.2) is 6.61 Å². The minimum absolute atomic E-state index is 0.0889. The van der Waals surface area contributed by atoms with E-state index in [1.54, 1.807) is 0 Å². The van der Waals surface area contributed by atoms with Gasteiger partial charge in [-0.1, -0.05) is 6.92 Å². The molecule has 1 aromatic rings. The van der Waals surface area contributed by atoms with Crippen LogP contribution in [0.15, 0.2) is 12.1 Å². The molecule has 0 unspecified atom stereocenters. The van der Waals surface area contributed by atoms with Crippen molar-refractivity contribution in [2.75, 3.05) is 0 Å². The van der Waals surface area contributed by atoms with Crippen molar-refractivity contribution in [3.63, 3.8) is 0 Å². The van der Waals surface area contributed by atoms with Crippen molar-refractivity contribution in [1.82, 2.24) is 0 Å². The Morgan fingerprint density at radius 1 is 1.21 bits per heavy atom. The predicted molar refractivity (Wildman–Crippen MR) is 42.4 cm³/mol. The molecule has 0 spiro atoms. The highest BCUT2D eigenvalue weighted by atomic mass is 19.3. The maximum absolute atomic E-state index is 13.0. The molecule has 0 fully saturated rings. The lowest BCUT2D eigenvalue weighted by Crippen LogP contribution is -2.07. The number of rotatable bonds is 3. The van der Waals surface area contributed by atoms with E-state index in [0.717, 1.165) is 12.1 Å². The number of halogens is 4. The van der Waals surface area contributed by atoms with Gasteiger partial charge in [-0.05, 0) is 18.6 Å². The summed E-state index contributed by atoms with van der Waals surface area (Å²) in [5, 5.41) is 0. The van der Waals surface area contributed by atoms with Gasteiger partial charge in [0, 0.05) is 5.56 Å². The van der Waals surface area contributed by atoms with E-state index in [0.29, 0.717) is 0 Å². The van der Waals surface area contributed by atoms with Crippen LogP contribution in [-0.2, 0) is 6.42 Å². The first-order valence-electron chi connectivity index (χ1n) is 3.98. The van der Waals surface area contributed by atoms with Crippen molar-refractivity contribution in [3.8, 4) is 5.75 Å². The van der Waals surface area contributed by atoms with E-state index in [-0.39, 0.29) is 12.0 Å². The summed E-state index contributed by atoms with van der Waals surface area (Å²) in [4.78, 5) is 0. The second-order valence-corrected chi connectivity index (χ2v) is 2.57. The summed E-state index contributed by atoms with van der Waals surface area (Å²) in [5.41, 5.74) is -0.176. The lowest BCUT2D eigenvalue weighted by atomic mass is 10.1. The summed E-state index contributed by atoms with van der Waals surface area (Å²) in [6.45, 7) is -1.63. The van der Waals surface area contributed by atoms with Crippen LogP contribution in [0.4, 0.5) is 17.6 Å². The fourth-order valence-corrected chi connectivity index (χ4v) is 1.12. The van der Waals surface area contributed by atoms with Crippen LogP contribution in [0.5, 0.6) is 5.75 Å². The molecule has 0 atom stereocenters. The molecule has 14 heavy (non-hydrogen) atoms. The summed E-state index contributed by atoms with van der Waals surface area (Å²) >= 11 is 0. The van der Waals surface area contributed by atoms with Gasteiger partial charge in [-0.15, -0.1) is 0 Å². The minimum atomic E-state index is -3.16. The average Bonchev–Trinajstić information content (AvgIpc) is 2.11. The molecule has 0 bridgehead atoms. The summed E-state index contributed by atoms with van der Waals surface area (Å²) in [5.74, 6) is -2.43. The van der Waals surface area contributed by atoms with Crippen molar-refractivity contribution in [2.45, 2.75) is 20.0 Å². The zero-order valence-electron chi connectivity index (χ0n) is 7.36. The van der Waals surface area contributed by atoms with Gasteiger partial charge in [0.05, 0.1) is 0 Å². The van der Waals surface area contributed by atoms with Crippen LogP contribution in [0.25, 0.3) is 0 Å². The van der Waals surface area contributed by atoms with Crippen LogP contribution in [0.3, 0.4) is 0 Å². The fourth-order valence-electron chi connectivity index (χ4n) is 1.12. The number of hydrogen-bond donors (Lipinski definition) is 0. The molecule has 1 nitrogen and oxygen atoms in total. The smallest absolute Gasteiger partial charge is 0.387 e. The zero-order chi connectivity index (χ0) is 10.7. The normalized spacial score (nSPS) is 10.7. The molecule has 78 valence electrons. The minimum Gasteiger partial charge on any atom is -0.431 e. The number of hydrogen-bond acceptors (Lipinski definition) is 1. The first-order chi connectivity index (χ1) is 6.56. The molecule has 0 aliphatic carbocycles. The summed E-state index contributed by atoms with van der Waals surface area (Å²) in [6, 6.07) is 1.64. The van der Waals surface area contributed by atoms with Crippen LogP contribution in [0.1, 0.15) is 12.5 Å². The average molecular weight is 208 g/mol. The van der Waals surface area contributed by atoms with E-state index in [2.05, 4.69) is 4.74 Å². The van der Waals surface area contributed by atoms with Crippen molar-refractivity contribution >= 4 is 0 Å². The van der Waals surface area contributed by atoms with Crippen molar-refractivity contribution in [2.24, 2.45) is 0 Å². The maximum Gasteiger partial charge on any atom is 0.387 e. The number of ether oxygens (including phenoxy) is 1. The molecule has 0 N–H and O–H groups in total. The SMILES string of the molecule is CCc1c(F)ccc(F)c1OC(F)F. The Kier molecular flexibility index (Phi) is 3.33. The molecule has 0 saturated carbocycles. The first kappa shape index (κ1) is 10.8. The van der Waals surface area contributed by atoms with Crippen molar-refractivity contribution in [1.29, 1.82) is 0 Å². The monoisotopic (exact) mass is 208 g/mol. The largest absolute Gasteiger partial charge is 0.431 e. The number of alkyl halides is 2. The van der Waals surface area contributed by atoms with Gasteiger partial charge in [0.25, 0.3) is 0 Å². The van der Waals surface area contributed by atoms with Crippen LogP contribution in [0.2, 0.25) is 0 Å². The lowest BCUT2D eigenvalue weighted by Gasteiger charge is -2.10. The highest BCUT2D eigenvalue weighted by molar-refractivity contribution is 5.36. The van der Waals surface area contributed by atoms with E-state index in [1.165, 1.54) is 6.92 Å². The van der Waals surface area contributed by atoms with Crippen molar-refractivity contribution < 1.29 is 22.3 Å². The van der Waals surface area contributed by atoms with Gasteiger partial charge in [0.1, 0.15) is 5.82 Å². The Hall–Kier alpha value is -1.26. The second kappa shape index (κ2) is 4.30. The van der Waals surface area contributed by atoms with Crippen LogP contribution in [0, 0.1) is 11.6 Å². The third-order valence-corrected chi connectivity index (χ3v) is 1.72. The highest BCUT2D eigenvalue weighted by Crippen LogP contribution is 2.27. The van der Waals surface area contributed by atoms with Crippen molar-refractivity contribution in [3.05, 3.63) is 29.3 Å². The van der Waals surface area contributed by atoms with E-state index in [1.807, 2.05) is 0 Å². The third-order valence-electron chi connectivity index (χ3n) is 1.72. The quantitative estimate of drug-likeness (QED) is 0.693. The van der Waals surface area contributed by atoms with E-state index in [4.69, 9.17) is 0 Å². The standard InChI is InChI=1S/C9H8F4O/c1-2-5-6(10)3-4-7(11)8(5)14-9(12)13/h3-4,9H,2H2,1H3. The Balaban J connectivity index is 3.16. The predicted octanol–water partition coefficient (Wildman–Crippen LogP) is 3.13. The fraction of sp³-hybridized carbons (Fsp3) is 0.333. The third kappa shape index (κ3) is 2.16. The first-order valence-corrected chi connectivity index (χ1v) is 3.98. The van der Waals surface area contributed by atoms with Gasteiger partial charge in [-0.3, -0.25) is 0 Å². The molecule has 0 aromatic heterocycles. The molecule has 0 amide bonds. The van der Waals surface area contributed by atoms with Gasteiger partial charge in [0.2, 0.25) is 0 Å². The molecule has 1 aromatic carbocycles. The van der Waals surface area contributed by atoms with Gasteiger partial charge < -0.3 is 4.74 Å². The molecule has 1 rings (SSSR count). The van der Waals surface area contributed by atoms with E-state index < -0.39 is 24.0 Å². The Morgan fingerprint density at radius 2 is 1.79 bits per heavy atom. The van der Waals surface area contributed by atoms with E-state index in [9.17, 15) is 17.6 Å². The van der Waals surface area contributed by atoms with Gasteiger partial charge in [0.15, 0.2) is 11.6 Å². The lowest BCUT2D eigenvalue weighted by molar-refractivity contribution is -0.0529. The van der Waals surface area contributed by atoms with Gasteiger partial charge in [-0.2, -0.15) is 8.78 Å². The van der Waals surface area contributed by atoms with E-state index >= 15 is 0 Å². The van der Waals surface area contributed by atoms with Gasteiger partial charge >= 0.3 is 6.61 Å². The molecule has 0 heterocycles. The summed E-state index contributed by atoms with van der Waals surface area (Å²) in [6.07, 6.45) is 0.0889. The molecule has 5 heteroatoms. The maximum atomic E-state index is 13.0. The topological polar surface area (TPSA) is 9.23 Å². The molecular weight excluding hydrogens is 200 g/mol. The second-order valence-electron chi connectivity index (χ2n) is 2.57. The number of benzene rings is 1. The highest BCUT2D eigenvalue weighted by Gasteiger charge is 2.17. The molecule has 0 saturated heterocycles. The van der Waals surface area contributed by atoms with Crippen LogP contribution >= 0.6 is 0 Å². The molecule has 0 radical (unpaired) electrons. The summed E-state index contributed by atoms with van der Waals surface area (Å²) < 4.78 is 53.5. The Morgan fingerprint density at radius 3 is 2.29 bits per heavy atom. The van der Waals surface area contributed by atoms with Crippen LogP contribution < -0.4 is 4.74 Å². The molecule has 0 aliphatic heterocycles. The molecule has 0 aliphatic rings. The Bertz CT molecular complexity index is 325. The Labute approximate surface area is 78.3 Å².